The smallest absolute Gasteiger partial charge is 0.273 e. The van der Waals surface area contributed by atoms with Gasteiger partial charge < -0.3 is 20.1 Å². The van der Waals surface area contributed by atoms with Crippen LogP contribution in [-0.4, -0.2) is 53.1 Å². The number of nitrogens with one attached hydrogen (secondary N) is 2. The molecule has 1 aromatic heterocycles. The van der Waals surface area contributed by atoms with E-state index in [9.17, 15) is 9.59 Å². The lowest BCUT2D eigenvalue weighted by Crippen LogP contribution is -2.38. The predicted molar refractivity (Wildman–Crippen MR) is 111 cm³/mol. The van der Waals surface area contributed by atoms with Crippen LogP contribution in [0.3, 0.4) is 0 Å². The molecule has 2 N–H and O–H groups in total. The molecule has 0 spiro atoms. The lowest BCUT2D eigenvalue weighted by Gasteiger charge is -2.29. The van der Waals surface area contributed by atoms with Gasteiger partial charge in [-0.1, -0.05) is 5.21 Å². The van der Waals surface area contributed by atoms with E-state index in [1.807, 2.05) is 13.8 Å². The Morgan fingerprint density at radius 2 is 1.83 bits per heavy atom. The lowest BCUT2D eigenvalue weighted by atomic mass is 9.91. The third kappa shape index (κ3) is 5.08. The molecule has 2 aromatic rings. The van der Waals surface area contributed by atoms with E-state index in [4.69, 9.17) is 9.47 Å². The molecule has 0 radical (unpaired) electrons. The fourth-order valence-electron chi connectivity index (χ4n) is 3.63. The SMILES string of the molecule is COc1ccc(OC)c(C(=O)NC2CCC(n3cc(C(=O)NC(C)C)nn3)CC2)c1. The molecule has 0 bridgehead atoms. The topological polar surface area (TPSA) is 107 Å². The minimum atomic E-state index is -0.218. The number of nitrogens with zero attached hydrogens (tertiary/aromatic N) is 3. The molecule has 9 heteroatoms. The van der Waals surface area contributed by atoms with Crippen molar-refractivity contribution < 1.29 is 19.1 Å². The predicted octanol–water partition coefficient (Wildman–Crippen LogP) is 2.35. The highest BCUT2D eigenvalue weighted by Gasteiger charge is 2.26. The van der Waals surface area contributed by atoms with Crippen molar-refractivity contribution in [1.29, 1.82) is 0 Å². The van der Waals surface area contributed by atoms with E-state index >= 15 is 0 Å². The fourth-order valence-corrected chi connectivity index (χ4v) is 3.63. The standard InChI is InChI=1S/C21H29N5O4/c1-13(2)22-21(28)18-12-26(25-24-18)15-7-5-14(6-8-15)23-20(27)17-11-16(29-3)9-10-19(17)30-4/h9-15H,5-8H2,1-4H3,(H,22,28)(H,23,27). The summed E-state index contributed by atoms with van der Waals surface area (Å²) in [6, 6.07) is 5.44. The van der Waals surface area contributed by atoms with Gasteiger partial charge >= 0.3 is 0 Å². The van der Waals surface area contributed by atoms with Gasteiger partial charge in [0.05, 0.1) is 32.0 Å². The summed E-state index contributed by atoms with van der Waals surface area (Å²) in [5.41, 5.74) is 0.778. The molecule has 1 aliphatic rings. The van der Waals surface area contributed by atoms with Gasteiger partial charge in [-0.15, -0.1) is 5.10 Å². The molecule has 1 saturated carbocycles. The van der Waals surface area contributed by atoms with E-state index in [1.54, 1.807) is 36.2 Å². The van der Waals surface area contributed by atoms with Crippen molar-refractivity contribution in [2.45, 2.75) is 57.7 Å². The summed E-state index contributed by atoms with van der Waals surface area (Å²) in [7, 11) is 3.10. The molecular weight excluding hydrogens is 386 g/mol. The molecule has 2 amide bonds. The largest absolute Gasteiger partial charge is 0.497 e. The first-order valence-electron chi connectivity index (χ1n) is 10.2. The maximum atomic E-state index is 12.8. The van der Waals surface area contributed by atoms with E-state index in [1.165, 1.54) is 7.11 Å². The van der Waals surface area contributed by atoms with Gasteiger partial charge in [-0.05, 0) is 57.7 Å². The molecule has 30 heavy (non-hydrogen) atoms. The molecule has 1 aliphatic carbocycles. The van der Waals surface area contributed by atoms with Crippen LogP contribution in [0.4, 0.5) is 0 Å². The number of hydrogen-bond acceptors (Lipinski definition) is 6. The summed E-state index contributed by atoms with van der Waals surface area (Å²) >= 11 is 0. The van der Waals surface area contributed by atoms with Crippen LogP contribution in [0.5, 0.6) is 11.5 Å². The summed E-state index contributed by atoms with van der Waals surface area (Å²) in [6.07, 6.45) is 5.01. The maximum Gasteiger partial charge on any atom is 0.273 e. The monoisotopic (exact) mass is 415 g/mol. The van der Waals surface area contributed by atoms with Crippen LogP contribution in [0, 0.1) is 0 Å². The highest BCUT2D eigenvalue weighted by atomic mass is 16.5. The summed E-state index contributed by atoms with van der Waals surface area (Å²) in [6.45, 7) is 3.80. The molecular formula is C21H29N5O4. The van der Waals surface area contributed by atoms with Crippen molar-refractivity contribution in [3.05, 3.63) is 35.7 Å². The molecule has 1 heterocycles. The second-order valence-electron chi connectivity index (χ2n) is 7.76. The number of benzene rings is 1. The second kappa shape index (κ2) is 9.60. The molecule has 1 fully saturated rings. The first kappa shape index (κ1) is 21.6. The van der Waals surface area contributed by atoms with Crippen molar-refractivity contribution >= 4 is 11.8 Å². The quantitative estimate of drug-likeness (QED) is 0.719. The van der Waals surface area contributed by atoms with Crippen LogP contribution >= 0.6 is 0 Å². The molecule has 0 saturated heterocycles. The zero-order valence-corrected chi connectivity index (χ0v) is 17.8. The van der Waals surface area contributed by atoms with Gasteiger partial charge in [-0.25, -0.2) is 4.68 Å². The summed E-state index contributed by atoms with van der Waals surface area (Å²) < 4.78 is 12.3. The summed E-state index contributed by atoms with van der Waals surface area (Å²) in [4.78, 5) is 24.8. The van der Waals surface area contributed by atoms with Crippen molar-refractivity contribution in [1.82, 2.24) is 25.6 Å². The Kier molecular flexibility index (Phi) is 6.91. The van der Waals surface area contributed by atoms with Crippen LogP contribution in [0.15, 0.2) is 24.4 Å². The molecule has 0 atom stereocenters. The van der Waals surface area contributed by atoms with Gasteiger partial charge in [0.25, 0.3) is 11.8 Å². The Morgan fingerprint density at radius 3 is 2.47 bits per heavy atom. The van der Waals surface area contributed by atoms with Gasteiger partial charge in [0.1, 0.15) is 11.5 Å². The van der Waals surface area contributed by atoms with Crippen LogP contribution < -0.4 is 20.1 Å². The molecule has 0 aliphatic heterocycles. The van der Waals surface area contributed by atoms with Crippen molar-refractivity contribution in [2.75, 3.05) is 14.2 Å². The second-order valence-corrected chi connectivity index (χ2v) is 7.76. The molecule has 3 rings (SSSR count). The Bertz CT molecular complexity index is 887. The number of carbonyl (C=O) groups is 2. The van der Waals surface area contributed by atoms with E-state index in [0.29, 0.717) is 22.8 Å². The molecule has 1 aromatic carbocycles. The van der Waals surface area contributed by atoms with E-state index in [2.05, 4.69) is 20.9 Å². The Hall–Kier alpha value is -3.10. The number of ether oxygens (including phenoxy) is 2. The summed E-state index contributed by atoms with van der Waals surface area (Å²) in [5, 5.41) is 14.0. The lowest BCUT2D eigenvalue weighted by molar-refractivity contribution is 0.0914. The number of aromatic nitrogens is 3. The highest BCUT2D eigenvalue weighted by molar-refractivity contribution is 5.97. The minimum Gasteiger partial charge on any atom is -0.497 e. The Labute approximate surface area is 176 Å². The zero-order valence-electron chi connectivity index (χ0n) is 17.8. The van der Waals surface area contributed by atoms with E-state index in [0.717, 1.165) is 25.7 Å². The van der Waals surface area contributed by atoms with Crippen LogP contribution in [0.1, 0.15) is 66.4 Å². The first-order chi connectivity index (χ1) is 14.4. The van der Waals surface area contributed by atoms with Gasteiger partial charge in [-0.3, -0.25) is 9.59 Å². The fraction of sp³-hybridized carbons (Fsp3) is 0.524. The maximum absolute atomic E-state index is 12.8. The number of carbonyl (C=O) groups excluding carboxylic acids is 2. The minimum absolute atomic E-state index is 0.0462. The van der Waals surface area contributed by atoms with Gasteiger partial charge in [-0.2, -0.15) is 0 Å². The third-order valence-corrected chi connectivity index (χ3v) is 5.22. The Balaban J connectivity index is 1.57. The van der Waals surface area contributed by atoms with Crippen molar-refractivity contribution in [2.24, 2.45) is 0 Å². The normalized spacial score (nSPS) is 18.7. The number of hydrogen-bond donors (Lipinski definition) is 2. The molecule has 0 unspecified atom stereocenters. The Morgan fingerprint density at radius 1 is 1.10 bits per heavy atom. The van der Waals surface area contributed by atoms with E-state index < -0.39 is 0 Å². The van der Waals surface area contributed by atoms with E-state index in [-0.39, 0.29) is 29.9 Å². The number of rotatable bonds is 7. The summed E-state index contributed by atoms with van der Waals surface area (Å²) in [5.74, 6) is 0.719. The molecule has 9 nitrogen and oxygen atoms in total. The van der Waals surface area contributed by atoms with Gasteiger partial charge in [0.2, 0.25) is 0 Å². The number of amides is 2. The molecule has 162 valence electrons. The average Bonchev–Trinajstić information content (AvgIpc) is 3.23. The van der Waals surface area contributed by atoms with Gasteiger partial charge in [0.15, 0.2) is 5.69 Å². The van der Waals surface area contributed by atoms with Crippen LogP contribution in [0.2, 0.25) is 0 Å². The van der Waals surface area contributed by atoms with Crippen molar-refractivity contribution in [3.8, 4) is 11.5 Å². The highest BCUT2D eigenvalue weighted by Crippen LogP contribution is 2.29. The average molecular weight is 415 g/mol. The third-order valence-electron chi connectivity index (χ3n) is 5.22. The number of methoxy groups -OCH3 is 2. The van der Waals surface area contributed by atoms with Gasteiger partial charge in [0, 0.05) is 12.1 Å². The zero-order chi connectivity index (χ0) is 21.7. The van der Waals surface area contributed by atoms with Crippen LogP contribution in [-0.2, 0) is 0 Å². The van der Waals surface area contributed by atoms with Crippen molar-refractivity contribution in [3.63, 3.8) is 0 Å². The first-order valence-corrected chi connectivity index (χ1v) is 10.2. The van der Waals surface area contributed by atoms with Crippen LogP contribution in [0.25, 0.3) is 0 Å².